The SMILES string of the molecule is CC1(C)CCC(NCC2CCSC2)C1. The second-order valence-electron chi connectivity index (χ2n) is 5.74. The molecule has 0 aromatic heterocycles. The average molecular weight is 213 g/mol. The summed E-state index contributed by atoms with van der Waals surface area (Å²) < 4.78 is 0. The molecule has 1 heterocycles. The van der Waals surface area contributed by atoms with E-state index in [9.17, 15) is 0 Å². The molecular formula is C12H23NS. The van der Waals surface area contributed by atoms with Crippen LogP contribution in [-0.4, -0.2) is 24.1 Å². The van der Waals surface area contributed by atoms with Gasteiger partial charge in [0.05, 0.1) is 0 Å². The van der Waals surface area contributed by atoms with Crippen LogP contribution >= 0.6 is 11.8 Å². The highest BCUT2D eigenvalue weighted by Gasteiger charge is 2.30. The Balaban J connectivity index is 1.66. The Hall–Kier alpha value is 0.310. The van der Waals surface area contributed by atoms with Gasteiger partial charge in [-0.15, -0.1) is 0 Å². The van der Waals surface area contributed by atoms with Crippen LogP contribution < -0.4 is 5.32 Å². The van der Waals surface area contributed by atoms with Gasteiger partial charge in [0.2, 0.25) is 0 Å². The van der Waals surface area contributed by atoms with Crippen LogP contribution in [0.15, 0.2) is 0 Å². The average Bonchev–Trinajstić information content (AvgIpc) is 2.70. The maximum Gasteiger partial charge on any atom is 0.00724 e. The maximum atomic E-state index is 3.77. The van der Waals surface area contributed by atoms with Crippen molar-refractivity contribution in [2.24, 2.45) is 11.3 Å². The molecule has 1 saturated carbocycles. The van der Waals surface area contributed by atoms with Crippen molar-refractivity contribution < 1.29 is 0 Å². The van der Waals surface area contributed by atoms with E-state index in [4.69, 9.17) is 0 Å². The monoisotopic (exact) mass is 213 g/mol. The summed E-state index contributed by atoms with van der Waals surface area (Å²) in [6.45, 7) is 6.08. The number of thioether (sulfide) groups is 1. The van der Waals surface area contributed by atoms with Crippen LogP contribution in [0.5, 0.6) is 0 Å². The van der Waals surface area contributed by atoms with E-state index in [2.05, 4.69) is 30.9 Å². The van der Waals surface area contributed by atoms with Crippen molar-refractivity contribution in [2.75, 3.05) is 18.1 Å². The predicted molar refractivity (Wildman–Crippen MR) is 64.9 cm³/mol. The van der Waals surface area contributed by atoms with Crippen LogP contribution in [0.1, 0.15) is 39.5 Å². The first-order valence-corrected chi connectivity index (χ1v) is 7.12. The Labute approximate surface area is 92.4 Å². The largest absolute Gasteiger partial charge is 0.314 e. The van der Waals surface area contributed by atoms with Gasteiger partial charge in [-0.1, -0.05) is 13.8 Å². The standard InChI is InChI=1S/C12H23NS/c1-12(2)5-3-11(7-12)13-8-10-4-6-14-9-10/h10-11,13H,3-9H2,1-2H3. The lowest BCUT2D eigenvalue weighted by Gasteiger charge is -2.19. The number of nitrogens with one attached hydrogen (secondary N) is 1. The number of hydrogen-bond acceptors (Lipinski definition) is 2. The summed E-state index contributed by atoms with van der Waals surface area (Å²) in [6.07, 6.45) is 5.62. The zero-order valence-electron chi connectivity index (χ0n) is 9.51. The number of rotatable bonds is 3. The second-order valence-corrected chi connectivity index (χ2v) is 6.89. The Morgan fingerprint density at radius 3 is 2.79 bits per heavy atom. The predicted octanol–water partition coefficient (Wildman–Crippen LogP) is 2.91. The maximum absolute atomic E-state index is 3.77. The van der Waals surface area contributed by atoms with Crippen LogP contribution in [0.3, 0.4) is 0 Å². The van der Waals surface area contributed by atoms with E-state index in [0.29, 0.717) is 5.41 Å². The molecular weight excluding hydrogens is 190 g/mol. The summed E-state index contributed by atoms with van der Waals surface area (Å²) in [5, 5.41) is 3.77. The quantitative estimate of drug-likeness (QED) is 0.773. The molecule has 2 rings (SSSR count). The van der Waals surface area contributed by atoms with Gasteiger partial charge in [-0.2, -0.15) is 11.8 Å². The molecule has 0 aromatic carbocycles. The van der Waals surface area contributed by atoms with E-state index < -0.39 is 0 Å². The van der Waals surface area contributed by atoms with Gasteiger partial charge in [0.25, 0.3) is 0 Å². The third-order valence-electron chi connectivity index (χ3n) is 3.69. The summed E-state index contributed by atoms with van der Waals surface area (Å²) in [7, 11) is 0. The fraction of sp³-hybridized carbons (Fsp3) is 1.00. The van der Waals surface area contributed by atoms with Gasteiger partial charge in [0, 0.05) is 6.04 Å². The molecule has 2 heteroatoms. The van der Waals surface area contributed by atoms with Gasteiger partial charge in [-0.3, -0.25) is 0 Å². The lowest BCUT2D eigenvalue weighted by molar-refractivity contribution is 0.358. The molecule has 1 nitrogen and oxygen atoms in total. The summed E-state index contributed by atoms with van der Waals surface area (Å²) in [5.41, 5.74) is 0.599. The van der Waals surface area contributed by atoms with E-state index >= 15 is 0 Å². The molecule has 1 saturated heterocycles. The van der Waals surface area contributed by atoms with Crippen LogP contribution in [0.2, 0.25) is 0 Å². The van der Waals surface area contributed by atoms with E-state index in [-0.39, 0.29) is 0 Å². The molecule has 1 N–H and O–H groups in total. The van der Waals surface area contributed by atoms with E-state index in [1.807, 2.05) is 0 Å². The summed E-state index contributed by atoms with van der Waals surface area (Å²) in [5.74, 6) is 3.75. The molecule has 1 aliphatic heterocycles. The summed E-state index contributed by atoms with van der Waals surface area (Å²) in [6, 6.07) is 0.815. The highest BCUT2D eigenvalue weighted by atomic mass is 32.2. The zero-order valence-corrected chi connectivity index (χ0v) is 10.3. The molecule has 0 radical (unpaired) electrons. The first kappa shape index (κ1) is 10.8. The fourth-order valence-corrected chi connectivity index (χ4v) is 3.97. The topological polar surface area (TPSA) is 12.0 Å². The van der Waals surface area contributed by atoms with Crippen LogP contribution in [0, 0.1) is 11.3 Å². The van der Waals surface area contributed by atoms with Crippen molar-refractivity contribution in [3.63, 3.8) is 0 Å². The van der Waals surface area contributed by atoms with Crippen molar-refractivity contribution >= 4 is 11.8 Å². The van der Waals surface area contributed by atoms with E-state index in [1.165, 1.54) is 43.7 Å². The van der Waals surface area contributed by atoms with Crippen LogP contribution in [-0.2, 0) is 0 Å². The molecule has 0 amide bonds. The minimum atomic E-state index is 0.599. The van der Waals surface area contributed by atoms with Crippen molar-refractivity contribution in [1.29, 1.82) is 0 Å². The first-order chi connectivity index (χ1) is 6.66. The number of hydrogen-bond donors (Lipinski definition) is 1. The van der Waals surface area contributed by atoms with Gasteiger partial charge in [0.15, 0.2) is 0 Å². The lowest BCUT2D eigenvalue weighted by Crippen LogP contribution is -2.32. The van der Waals surface area contributed by atoms with Crippen molar-refractivity contribution in [1.82, 2.24) is 5.32 Å². The van der Waals surface area contributed by atoms with Crippen LogP contribution in [0.25, 0.3) is 0 Å². The third-order valence-corrected chi connectivity index (χ3v) is 4.92. The van der Waals surface area contributed by atoms with Crippen LogP contribution in [0.4, 0.5) is 0 Å². The summed E-state index contributed by atoms with van der Waals surface area (Å²) in [4.78, 5) is 0. The molecule has 0 bridgehead atoms. The van der Waals surface area contributed by atoms with Crippen molar-refractivity contribution in [2.45, 2.75) is 45.6 Å². The fourth-order valence-electron chi connectivity index (χ4n) is 2.69. The molecule has 2 aliphatic rings. The highest BCUT2D eigenvalue weighted by molar-refractivity contribution is 7.99. The van der Waals surface area contributed by atoms with Crippen molar-refractivity contribution in [3.8, 4) is 0 Å². The second kappa shape index (κ2) is 4.44. The molecule has 2 atom stereocenters. The first-order valence-electron chi connectivity index (χ1n) is 5.97. The molecule has 0 aromatic rings. The Morgan fingerprint density at radius 2 is 2.21 bits per heavy atom. The molecule has 14 heavy (non-hydrogen) atoms. The van der Waals surface area contributed by atoms with Gasteiger partial charge in [-0.25, -0.2) is 0 Å². The Bertz CT molecular complexity index is 185. The van der Waals surface area contributed by atoms with Gasteiger partial charge in [0.1, 0.15) is 0 Å². The van der Waals surface area contributed by atoms with Gasteiger partial charge in [-0.05, 0) is 55.1 Å². The highest BCUT2D eigenvalue weighted by Crippen LogP contribution is 2.37. The smallest absolute Gasteiger partial charge is 0.00724 e. The lowest BCUT2D eigenvalue weighted by atomic mass is 9.92. The molecule has 2 fully saturated rings. The molecule has 0 spiro atoms. The minimum Gasteiger partial charge on any atom is -0.314 e. The third kappa shape index (κ3) is 2.90. The van der Waals surface area contributed by atoms with E-state index in [0.717, 1.165) is 12.0 Å². The van der Waals surface area contributed by atoms with Gasteiger partial charge < -0.3 is 5.32 Å². The Morgan fingerprint density at radius 1 is 1.36 bits per heavy atom. The van der Waals surface area contributed by atoms with Crippen molar-refractivity contribution in [3.05, 3.63) is 0 Å². The minimum absolute atomic E-state index is 0.599. The molecule has 82 valence electrons. The van der Waals surface area contributed by atoms with Gasteiger partial charge >= 0.3 is 0 Å². The Kier molecular flexibility index (Phi) is 3.43. The normalized spacial score (nSPS) is 36.4. The molecule has 1 aliphatic carbocycles. The summed E-state index contributed by atoms with van der Waals surface area (Å²) >= 11 is 2.12. The molecule has 2 unspecified atom stereocenters. The van der Waals surface area contributed by atoms with E-state index in [1.54, 1.807) is 0 Å². The zero-order chi connectivity index (χ0) is 10.0.